The highest BCUT2D eigenvalue weighted by molar-refractivity contribution is 5.79. The van der Waals surface area contributed by atoms with Crippen LogP contribution in [0, 0.1) is 11.8 Å². The van der Waals surface area contributed by atoms with E-state index in [1.165, 1.54) is 45.2 Å². The number of carbonyl (C=O) groups excluding carboxylic acids is 1. The number of nitrogens with two attached hydrogens (primary N) is 1. The molecule has 4 heteroatoms. The van der Waals surface area contributed by atoms with Crippen molar-refractivity contribution in [3.05, 3.63) is 0 Å². The van der Waals surface area contributed by atoms with Crippen LogP contribution in [0.3, 0.4) is 0 Å². The molecule has 3 atom stereocenters. The first-order chi connectivity index (χ1) is 9.68. The van der Waals surface area contributed by atoms with Gasteiger partial charge in [0.1, 0.15) is 0 Å². The molecular weight excluding hydrogens is 250 g/mol. The first-order valence-electron chi connectivity index (χ1n) is 8.44. The summed E-state index contributed by atoms with van der Waals surface area (Å²) in [6.45, 7) is 6.31. The van der Waals surface area contributed by atoms with Crippen LogP contribution in [0.4, 0.5) is 0 Å². The summed E-state index contributed by atoms with van der Waals surface area (Å²) < 4.78 is 0. The molecular formula is C16H31N3O. The van der Waals surface area contributed by atoms with Gasteiger partial charge in [0.25, 0.3) is 0 Å². The molecule has 0 bridgehead atoms. The SMILES string of the molecule is CC1CCCC(C(=O)NCCN2CCCCCC2)C1N. The molecule has 1 amide bonds. The van der Waals surface area contributed by atoms with Crippen LogP contribution in [-0.2, 0) is 4.79 Å². The largest absolute Gasteiger partial charge is 0.355 e. The lowest BCUT2D eigenvalue weighted by Gasteiger charge is -2.33. The van der Waals surface area contributed by atoms with Gasteiger partial charge in [-0.2, -0.15) is 0 Å². The van der Waals surface area contributed by atoms with Crippen LogP contribution in [0.1, 0.15) is 51.9 Å². The molecule has 1 saturated heterocycles. The summed E-state index contributed by atoms with van der Waals surface area (Å²) in [4.78, 5) is 14.7. The summed E-state index contributed by atoms with van der Waals surface area (Å²) in [6, 6.07) is 0.0435. The number of carbonyl (C=O) groups is 1. The highest BCUT2D eigenvalue weighted by Gasteiger charge is 2.32. The van der Waals surface area contributed by atoms with Gasteiger partial charge in [-0.3, -0.25) is 4.79 Å². The Morgan fingerprint density at radius 3 is 2.55 bits per heavy atom. The zero-order valence-corrected chi connectivity index (χ0v) is 12.9. The standard InChI is InChI=1S/C16H31N3O/c1-13-7-6-8-14(15(13)17)16(20)18-9-12-19-10-4-2-3-5-11-19/h13-15H,2-12,17H2,1H3,(H,18,20). The summed E-state index contributed by atoms with van der Waals surface area (Å²) in [6.07, 6.45) is 8.59. The number of hydrogen-bond acceptors (Lipinski definition) is 3. The van der Waals surface area contributed by atoms with E-state index in [1.807, 2.05) is 0 Å². The molecule has 1 aliphatic carbocycles. The van der Waals surface area contributed by atoms with E-state index in [0.29, 0.717) is 5.92 Å². The Balaban J connectivity index is 1.69. The second-order valence-electron chi connectivity index (χ2n) is 6.64. The lowest BCUT2D eigenvalue weighted by atomic mass is 9.78. The fourth-order valence-corrected chi connectivity index (χ4v) is 3.58. The van der Waals surface area contributed by atoms with Crippen molar-refractivity contribution in [2.45, 2.75) is 57.9 Å². The van der Waals surface area contributed by atoms with Crippen LogP contribution in [0.2, 0.25) is 0 Å². The van der Waals surface area contributed by atoms with Crippen LogP contribution in [0.5, 0.6) is 0 Å². The van der Waals surface area contributed by atoms with Crippen molar-refractivity contribution < 1.29 is 4.79 Å². The van der Waals surface area contributed by atoms with Gasteiger partial charge in [0.05, 0.1) is 5.92 Å². The molecule has 2 fully saturated rings. The summed E-state index contributed by atoms with van der Waals surface area (Å²) in [7, 11) is 0. The van der Waals surface area contributed by atoms with E-state index >= 15 is 0 Å². The quantitative estimate of drug-likeness (QED) is 0.825. The lowest BCUT2D eigenvalue weighted by Crippen LogP contribution is -2.48. The zero-order valence-electron chi connectivity index (χ0n) is 12.9. The number of rotatable bonds is 4. The molecule has 20 heavy (non-hydrogen) atoms. The van der Waals surface area contributed by atoms with Crippen LogP contribution in [-0.4, -0.2) is 43.0 Å². The summed E-state index contributed by atoms with van der Waals surface area (Å²) in [5.74, 6) is 0.687. The van der Waals surface area contributed by atoms with Crippen molar-refractivity contribution in [2.75, 3.05) is 26.2 Å². The van der Waals surface area contributed by atoms with Crippen molar-refractivity contribution in [3.8, 4) is 0 Å². The first kappa shape index (κ1) is 15.8. The monoisotopic (exact) mass is 281 g/mol. The highest BCUT2D eigenvalue weighted by atomic mass is 16.1. The van der Waals surface area contributed by atoms with Gasteiger partial charge >= 0.3 is 0 Å². The number of hydrogen-bond donors (Lipinski definition) is 2. The topological polar surface area (TPSA) is 58.4 Å². The summed E-state index contributed by atoms with van der Waals surface area (Å²) in [5.41, 5.74) is 6.19. The Kier molecular flexibility index (Phi) is 6.30. The van der Waals surface area contributed by atoms with Gasteiger partial charge in [-0.05, 0) is 44.7 Å². The molecule has 2 aliphatic rings. The van der Waals surface area contributed by atoms with E-state index < -0.39 is 0 Å². The third-order valence-electron chi connectivity index (χ3n) is 5.06. The maximum atomic E-state index is 12.3. The predicted molar refractivity (Wildman–Crippen MR) is 82.4 cm³/mol. The molecule has 4 nitrogen and oxygen atoms in total. The number of amides is 1. The summed E-state index contributed by atoms with van der Waals surface area (Å²) >= 11 is 0. The molecule has 2 rings (SSSR count). The van der Waals surface area contributed by atoms with Gasteiger partial charge in [0.2, 0.25) is 5.91 Å². The minimum absolute atomic E-state index is 0.0304. The van der Waals surface area contributed by atoms with Gasteiger partial charge in [0.15, 0.2) is 0 Å². The predicted octanol–water partition coefficient (Wildman–Crippen LogP) is 1.74. The van der Waals surface area contributed by atoms with Crippen molar-refractivity contribution in [1.82, 2.24) is 10.2 Å². The molecule has 3 unspecified atom stereocenters. The lowest BCUT2D eigenvalue weighted by molar-refractivity contribution is -0.127. The van der Waals surface area contributed by atoms with Gasteiger partial charge in [0, 0.05) is 19.1 Å². The van der Waals surface area contributed by atoms with Crippen LogP contribution < -0.4 is 11.1 Å². The molecule has 0 radical (unpaired) electrons. The van der Waals surface area contributed by atoms with Crippen molar-refractivity contribution >= 4 is 5.91 Å². The fourth-order valence-electron chi connectivity index (χ4n) is 3.58. The normalized spacial score (nSPS) is 32.6. The molecule has 116 valence electrons. The molecule has 0 aromatic carbocycles. The van der Waals surface area contributed by atoms with Gasteiger partial charge in [-0.15, -0.1) is 0 Å². The average Bonchev–Trinajstić information content (AvgIpc) is 2.70. The Morgan fingerprint density at radius 1 is 1.15 bits per heavy atom. The second-order valence-corrected chi connectivity index (χ2v) is 6.64. The molecule has 0 aromatic heterocycles. The Hall–Kier alpha value is -0.610. The minimum Gasteiger partial charge on any atom is -0.355 e. The highest BCUT2D eigenvalue weighted by Crippen LogP contribution is 2.27. The van der Waals surface area contributed by atoms with Crippen LogP contribution in [0.25, 0.3) is 0 Å². The number of likely N-dealkylation sites (tertiary alicyclic amines) is 1. The van der Waals surface area contributed by atoms with Gasteiger partial charge in [-0.25, -0.2) is 0 Å². The number of nitrogens with zero attached hydrogens (tertiary/aromatic N) is 1. The van der Waals surface area contributed by atoms with Crippen LogP contribution >= 0.6 is 0 Å². The zero-order chi connectivity index (χ0) is 14.4. The molecule has 0 spiro atoms. The second kappa shape index (κ2) is 7.99. The number of nitrogens with one attached hydrogen (secondary N) is 1. The summed E-state index contributed by atoms with van der Waals surface area (Å²) in [5, 5.41) is 3.11. The molecule has 1 heterocycles. The van der Waals surface area contributed by atoms with Gasteiger partial charge in [-0.1, -0.05) is 26.2 Å². The minimum atomic E-state index is 0.0304. The van der Waals surface area contributed by atoms with E-state index in [9.17, 15) is 4.79 Å². The van der Waals surface area contributed by atoms with Crippen molar-refractivity contribution in [1.29, 1.82) is 0 Å². The molecule has 3 N–H and O–H groups in total. The van der Waals surface area contributed by atoms with Crippen molar-refractivity contribution in [3.63, 3.8) is 0 Å². The third kappa shape index (κ3) is 4.45. The van der Waals surface area contributed by atoms with E-state index in [1.54, 1.807) is 0 Å². The van der Waals surface area contributed by atoms with Crippen LogP contribution in [0.15, 0.2) is 0 Å². The van der Waals surface area contributed by atoms with E-state index in [-0.39, 0.29) is 17.9 Å². The molecule has 0 aromatic rings. The van der Waals surface area contributed by atoms with Crippen molar-refractivity contribution in [2.24, 2.45) is 17.6 Å². The Morgan fingerprint density at radius 2 is 1.85 bits per heavy atom. The maximum absolute atomic E-state index is 12.3. The average molecular weight is 281 g/mol. The first-order valence-corrected chi connectivity index (χ1v) is 8.44. The van der Waals surface area contributed by atoms with E-state index in [2.05, 4.69) is 17.1 Å². The van der Waals surface area contributed by atoms with E-state index in [0.717, 1.165) is 25.9 Å². The van der Waals surface area contributed by atoms with Gasteiger partial charge < -0.3 is 16.0 Å². The molecule has 1 saturated carbocycles. The maximum Gasteiger partial charge on any atom is 0.224 e. The third-order valence-corrected chi connectivity index (χ3v) is 5.06. The fraction of sp³-hybridized carbons (Fsp3) is 0.938. The molecule has 1 aliphatic heterocycles. The Bertz CT molecular complexity index is 300. The smallest absolute Gasteiger partial charge is 0.224 e. The van der Waals surface area contributed by atoms with E-state index in [4.69, 9.17) is 5.73 Å². The Labute approximate surface area is 123 Å².